The van der Waals surface area contributed by atoms with E-state index in [1.807, 2.05) is 18.3 Å². The Morgan fingerprint density at radius 3 is 2.87 bits per heavy atom. The molecule has 0 spiro atoms. The maximum atomic E-state index is 11.8. The lowest BCUT2D eigenvalue weighted by atomic mass is 9.99. The quantitative estimate of drug-likeness (QED) is 0.286. The highest BCUT2D eigenvalue weighted by Gasteiger charge is 2.20. The predicted octanol–water partition coefficient (Wildman–Crippen LogP) is 4.07. The fraction of sp³-hybridized carbons (Fsp3) is 0.353. The number of azide groups is 1. The zero-order chi connectivity index (χ0) is 16.8. The van der Waals surface area contributed by atoms with Gasteiger partial charge in [0.2, 0.25) is 0 Å². The van der Waals surface area contributed by atoms with Crippen molar-refractivity contribution in [3.8, 4) is 0 Å². The first kappa shape index (κ1) is 16.6. The number of methoxy groups -OCH3 is 1. The van der Waals surface area contributed by atoms with Gasteiger partial charge in [-0.15, -0.1) is 0 Å². The number of nitrogens with zero attached hydrogens (tertiary/aromatic N) is 3. The Morgan fingerprint density at radius 1 is 1.43 bits per heavy atom. The monoisotopic (exact) mass is 312 g/mol. The van der Waals surface area contributed by atoms with Crippen molar-refractivity contribution in [1.29, 1.82) is 0 Å². The van der Waals surface area contributed by atoms with E-state index >= 15 is 0 Å². The number of ether oxygens (including phenoxy) is 1. The number of nitrogens with one attached hydrogen (secondary N) is 1. The second-order valence-corrected chi connectivity index (χ2v) is 5.59. The number of benzene rings is 1. The van der Waals surface area contributed by atoms with Crippen LogP contribution in [0, 0.1) is 0 Å². The topological polar surface area (TPSA) is 90.9 Å². The van der Waals surface area contributed by atoms with Crippen molar-refractivity contribution in [2.24, 2.45) is 5.11 Å². The van der Waals surface area contributed by atoms with Crippen LogP contribution in [-0.4, -0.2) is 24.1 Å². The van der Waals surface area contributed by atoms with Crippen LogP contribution in [0.2, 0.25) is 0 Å². The van der Waals surface area contributed by atoms with E-state index in [0.717, 1.165) is 22.9 Å². The molecule has 120 valence electrons. The molecule has 1 atom stereocenters. The molecule has 6 heteroatoms. The summed E-state index contributed by atoms with van der Waals surface area (Å²) >= 11 is 0. The Bertz CT molecular complexity index is 781. The molecule has 23 heavy (non-hydrogen) atoms. The summed E-state index contributed by atoms with van der Waals surface area (Å²) in [7, 11) is 1.29. The molecule has 0 aliphatic heterocycles. The van der Waals surface area contributed by atoms with E-state index in [2.05, 4.69) is 41.0 Å². The fourth-order valence-corrected chi connectivity index (χ4v) is 2.56. The summed E-state index contributed by atoms with van der Waals surface area (Å²) in [5, 5.41) is 4.64. The van der Waals surface area contributed by atoms with E-state index in [0.29, 0.717) is 6.42 Å². The first-order valence-electron chi connectivity index (χ1n) is 7.40. The maximum absolute atomic E-state index is 11.8. The maximum Gasteiger partial charge on any atom is 0.314 e. The van der Waals surface area contributed by atoms with Gasteiger partial charge in [-0.2, -0.15) is 0 Å². The number of esters is 1. The van der Waals surface area contributed by atoms with Crippen molar-refractivity contribution in [2.45, 2.75) is 32.7 Å². The smallest absolute Gasteiger partial charge is 0.314 e. The van der Waals surface area contributed by atoms with Gasteiger partial charge < -0.3 is 9.72 Å². The molecule has 1 aromatic carbocycles. The third-order valence-corrected chi connectivity index (χ3v) is 3.68. The first-order valence-corrected chi connectivity index (χ1v) is 7.40. The van der Waals surface area contributed by atoms with Crippen LogP contribution in [0.4, 0.5) is 0 Å². The molecule has 0 bridgehead atoms. The van der Waals surface area contributed by atoms with Gasteiger partial charge in [-0.1, -0.05) is 28.9 Å². The van der Waals surface area contributed by atoms with Gasteiger partial charge in [0.1, 0.15) is 6.04 Å². The number of fused-ring (bicyclic) bond motifs is 1. The third-order valence-electron chi connectivity index (χ3n) is 3.68. The van der Waals surface area contributed by atoms with E-state index in [1.54, 1.807) is 0 Å². The minimum absolute atomic E-state index is 0.308. The summed E-state index contributed by atoms with van der Waals surface area (Å²) in [6, 6.07) is 5.20. The highest BCUT2D eigenvalue weighted by atomic mass is 16.5. The summed E-state index contributed by atoms with van der Waals surface area (Å²) in [5.41, 5.74) is 13.0. The molecule has 0 saturated heterocycles. The summed E-state index contributed by atoms with van der Waals surface area (Å²) in [4.78, 5) is 17.7. The van der Waals surface area contributed by atoms with Crippen molar-refractivity contribution in [1.82, 2.24) is 4.98 Å². The molecule has 0 radical (unpaired) electrons. The minimum Gasteiger partial charge on any atom is -0.469 e. The van der Waals surface area contributed by atoms with Gasteiger partial charge in [0.05, 0.1) is 7.11 Å². The first-order chi connectivity index (χ1) is 11.1. The molecule has 0 aliphatic rings. The third kappa shape index (κ3) is 3.93. The van der Waals surface area contributed by atoms with Crippen LogP contribution in [0.5, 0.6) is 0 Å². The largest absolute Gasteiger partial charge is 0.469 e. The van der Waals surface area contributed by atoms with Crippen LogP contribution >= 0.6 is 0 Å². The molecular formula is C17H20N4O2. The van der Waals surface area contributed by atoms with Gasteiger partial charge >= 0.3 is 5.97 Å². The SMILES string of the molecule is COC(=O)C(Cc1c[nH]c2cccc(CC=C(C)C)c12)N=[N+]=[N-]. The standard InChI is InChI=1S/C17H20N4O2/c1-11(2)7-8-12-5-4-6-14-16(12)13(10-19-14)9-15(20-21-18)17(22)23-3/h4-7,10,15,19H,8-9H2,1-3H3. The molecule has 1 N–H and O–H groups in total. The van der Waals surface area contributed by atoms with Crippen LogP contribution < -0.4 is 0 Å². The molecule has 0 amide bonds. The van der Waals surface area contributed by atoms with E-state index in [-0.39, 0.29) is 0 Å². The minimum atomic E-state index is -0.861. The lowest BCUT2D eigenvalue weighted by Gasteiger charge is -2.09. The van der Waals surface area contributed by atoms with Gasteiger partial charge in [-0.3, -0.25) is 4.79 Å². The molecule has 6 nitrogen and oxygen atoms in total. The molecule has 0 saturated carbocycles. The molecule has 1 aromatic heterocycles. The molecule has 1 unspecified atom stereocenters. The van der Waals surface area contributed by atoms with Gasteiger partial charge in [0.15, 0.2) is 0 Å². The van der Waals surface area contributed by atoms with Gasteiger partial charge in [0, 0.05) is 22.0 Å². The zero-order valence-electron chi connectivity index (χ0n) is 13.5. The van der Waals surface area contributed by atoms with Crippen molar-refractivity contribution >= 4 is 16.9 Å². The number of aromatic amines is 1. The summed E-state index contributed by atoms with van der Waals surface area (Å²) in [5.74, 6) is -0.529. The lowest BCUT2D eigenvalue weighted by molar-refractivity contribution is -0.142. The van der Waals surface area contributed by atoms with Crippen LogP contribution in [0.1, 0.15) is 25.0 Å². The fourth-order valence-electron chi connectivity index (χ4n) is 2.56. The van der Waals surface area contributed by atoms with E-state index in [4.69, 9.17) is 10.3 Å². The van der Waals surface area contributed by atoms with Crippen molar-refractivity contribution in [2.75, 3.05) is 7.11 Å². The Morgan fingerprint density at radius 2 is 2.22 bits per heavy atom. The van der Waals surface area contributed by atoms with Crippen LogP contribution in [0.25, 0.3) is 21.3 Å². The Hall–Kier alpha value is -2.72. The van der Waals surface area contributed by atoms with Crippen LogP contribution in [0.3, 0.4) is 0 Å². The Balaban J connectivity index is 2.42. The Kier molecular flexibility index (Phi) is 5.44. The highest BCUT2D eigenvalue weighted by molar-refractivity contribution is 5.88. The molecular weight excluding hydrogens is 292 g/mol. The van der Waals surface area contributed by atoms with Crippen molar-refractivity contribution in [3.05, 3.63) is 57.6 Å². The van der Waals surface area contributed by atoms with Gasteiger partial charge in [-0.05, 0) is 49.4 Å². The van der Waals surface area contributed by atoms with E-state index < -0.39 is 12.0 Å². The summed E-state index contributed by atoms with van der Waals surface area (Å²) in [6.45, 7) is 4.13. The number of hydrogen-bond donors (Lipinski definition) is 1. The molecule has 2 aromatic rings. The van der Waals surface area contributed by atoms with Crippen molar-refractivity contribution in [3.63, 3.8) is 0 Å². The average Bonchev–Trinajstić information content (AvgIpc) is 2.95. The van der Waals surface area contributed by atoms with E-state index in [9.17, 15) is 4.79 Å². The highest BCUT2D eigenvalue weighted by Crippen LogP contribution is 2.25. The number of hydrogen-bond acceptors (Lipinski definition) is 3. The lowest BCUT2D eigenvalue weighted by Crippen LogP contribution is -2.22. The number of carbonyl (C=O) groups is 1. The van der Waals surface area contributed by atoms with Crippen LogP contribution in [0.15, 0.2) is 41.2 Å². The number of carbonyl (C=O) groups excluding carboxylic acids is 1. The van der Waals surface area contributed by atoms with Crippen LogP contribution in [-0.2, 0) is 22.4 Å². The number of rotatable bonds is 6. The molecule has 2 rings (SSSR count). The Labute approximate surface area is 134 Å². The normalized spacial score (nSPS) is 11.6. The zero-order valence-corrected chi connectivity index (χ0v) is 13.5. The van der Waals surface area contributed by atoms with Crippen molar-refractivity contribution < 1.29 is 9.53 Å². The summed E-state index contributed by atoms with van der Waals surface area (Å²) in [6.07, 6.45) is 5.15. The van der Waals surface area contributed by atoms with E-state index in [1.165, 1.54) is 18.2 Å². The number of H-pyrrole nitrogens is 1. The summed E-state index contributed by atoms with van der Waals surface area (Å²) < 4.78 is 4.71. The molecule has 1 heterocycles. The average molecular weight is 312 g/mol. The molecule has 0 fully saturated rings. The number of allylic oxidation sites excluding steroid dienone is 2. The second kappa shape index (κ2) is 7.51. The predicted molar refractivity (Wildman–Crippen MR) is 90.1 cm³/mol. The molecule has 0 aliphatic carbocycles. The van der Waals surface area contributed by atoms with Gasteiger partial charge in [0.25, 0.3) is 0 Å². The second-order valence-electron chi connectivity index (χ2n) is 5.59. The van der Waals surface area contributed by atoms with Gasteiger partial charge in [-0.25, -0.2) is 0 Å². The number of aromatic nitrogens is 1.